The summed E-state index contributed by atoms with van der Waals surface area (Å²) in [4.78, 5) is 7.99. The van der Waals surface area contributed by atoms with Crippen LogP contribution in [0.15, 0.2) is 29.8 Å². The smallest absolute Gasteiger partial charge is 0.0406 e. The van der Waals surface area contributed by atoms with Crippen LogP contribution in [0.3, 0.4) is 0 Å². The molecule has 1 aliphatic carbocycles. The van der Waals surface area contributed by atoms with Crippen molar-refractivity contribution in [1.82, 2.24) is 20.0 Å². The predicted molar refractivity (Wildman–Crippen MR) is 133 cm³/mol. The Morgan fingerprint density at radius 2 is 1.65 bits per heavy atom. The van der Waals surface area contributed by atoms with Gasteiger partial charge < -0.3 is 10.2 Å². The van der Waals surface area contributed by atoms with Gasteiger partial charge in [-0.1, -0.05) is 36.2 Å². The lowest BCUT2D eigenvalue weighted by Crippen LogP contribution is -2.50. The molecule has 0 radical (unpaired) electrons. The maximum absolute atomic E-state index is 6.20. The molecule has 1 aromatic rings. The van der Waals surface area contributed by atoms with Gasteiger partial charge >= 0.3 is 0 Å². The summed E-state index contributed by atoms with van der Waals surface area (Å²) in [6.07, 6.45) is 3.68. The molecular weight excluding hydrogens is 404 g/mol. The summed E-state index contributed by atoms with van der Waals surface area (Å²) in [6, 6.07) is 9.22. The van der Waals surface area contributed by atoms with Crippen LogP contribution in [0.2, 0.25) is 5.02 Å². The predicted octanol–water partition coefficient (Wildman–Crippen LogP) is 4.22. The minimum absolute atomic E-state index is 0.377. The minimum Gasteiger partial charge on any atom is -0.314 e. The fourth-order valence-electron chi connectivity index (χ4n) is 5.72. The van der Waals surface area contributed by atoms with Crippen molar-refractivity contribution in [3.63, 3.8) is 0 Å². The summed E-state index contributed by atoms with van der Waals surface area (Å²) in [6.45, 7) is 18.9. The van der Waals surface area contributed by atoms with Gasteiger partial charge in [0.25, 0.3) is 0 Å². The molecule has 0 bridgehead atoms. The molecule has 4 nitrogen and oxygen atoms in total. The highest BCUT2D eigenvalue weighted by Gasteiger charge is 2.34. The fraction of sp³-hybridized carbons (Fsp3) is 0.692. The first kappa shape index (κ1) is 23.3. The molecule has 1 atom stereocenters. The number of allylic oxidation sites excluding steroid dienone is 1. The van der Waals surface area contributed by atoms with Crippen LogP contribution >= 0.6 is 11.6 Å². The van der Waals surface area contributed by atoms with Crippen molar-refractivity contribution in [2.45, 2.75) is 46.1 Å². The SMILES string of the molecule is CC(C)N1CCN(CC2=C(c3ccc(Cl)cc3)CC[C@@](C)(CN3CCNCC3)C2)CC1. The molecule has 5 heteroatoms. The largest absolute Gasteiger partial charge is 0.314 e. The lowest BCUT2D eigenvalue weighted by molar-refractivity contribution is 0.107. The third kappa shape index (κ3) is 6.11. The zero-order valence-corrected chi connectivity index (χ0v) is 20.6. The molecule has 2 aliphatic heterocycles. The summed E-state index contributed by atoms with van der Waals surface area (Å²) in [5, 5.41) is 4.33. The Balaban J connectivity index is 1.51. The molecule has 3 aliphatic rings. The van der Waals surface area contributed by atoms with Gasteiger partial charge in [0, 0.05) is 76.5 Å². The summed E-state index contributed by atoms with van der Waals surface area (Å²) in [5.41, 5.74) is 5.01. The Kier molecular flexibility index (Phi) is 7.77. The van der Waals surface area contributed by atoms with Crippen molar-refractivity contribution in [2.75, 3.05) is 65.4 Å². The Labute approximate surface area is 194 Å². The molecular formula is C26H41ClN4. The van der Waals surface area contributed by atoms with E-state index in [1.165, 1.54) is 70.6 Å². The molecule has 1 aromatic carbocycles. The van der Waals surface area contributed by atoms with E-state index in [1.54, 1.807) is 11.1 Å². The van der Waals surface area contributed by atoms with Gasteiger partial charge in [-0.05, 0) is 61.8 Å². The van der Waals surface area contributed by atoms with Crippen LogP contribution < -0.4 is 5.32 Å². The van der Waals surface area contributed by atoms with Crippen LogP contribution in [0, 0.1) is 5.41 Å². The van der Waals surface area contributed by atoms with Crippen LogP contribution in [0.4, 0.5) is 0 Å². The monoisotopic (exact) mass is 444 g/mol. The molecule has 0 amide bonds. The van der Waals surface area contributed by atoms with Crippen LogP contribution in [-0.2, 0) is 0 Å². The number of nitrogens with one attached hydrogen (secondary N) is 1. The summed E-state index contributed by atoms with van der Waals surface area (Å²) in [5.74, 6) is 0. The maximum atomic E-state index is 6.20. The molecule has 0 saturated carbocycles. The minimum atomic E-state index is 0.377. The van der Waals surface area contributed by atoms with Crippen molar-refractivity contribution >= 4 is 17.2 Å². The van der Waals surface area contributed by atoms with Crippen molar-refractivity contribution in [3.8, 4) is 0 Å². The number of hydrogen-bond donors (Lipinski definition) is 1. The highest BCUT2D eigenvalue weighted by molar-refractivity contribution is 6.30. The first-order chi connectivity index (χ1) is 14.9. The average molecular weight is 445 g/mol. The number of rotatable bonds is 6. The second-order valence-corrected chi connectivity index (χ2v) is 10.9. The number of nitrogens with zero attached hydrogens (tertiary/aromatic N) is 3. The van der Waals surface area contributed by atoms with Gasteiger partial charge in [0.1, 0.15) is 0 Å². The number of hydrogen-bond acceptors (Lipinski definition) is 4. The highest BCUT2D eigenvalue weighted by atomic mass is 35.5. The third-order valence-corrected chi connectivity index (χ3v) is 7.86. The van der Waals surface area contributed by atoms with Crippen molar-refractivity contribution in [2.24, 2.45) is 5.41 Å². The van der Waals surface area contributed by atoms with E-state index in [9.17, 15) is 0 Å². The molecule has 0 spiro atoms. The number of benzene rings is 1. The molecule has 2 fully saturated rings. The quantitative estimate of drug-likeness (QED) is 0.709. The van der Waals surface area contributed by atoms with Crippen molar-refractivity contribution < 1.29 is 0 Å². The zero-order chi connectivity index (χ0) is 21.8. The van der Waals surface area contributed by atoms with E-state index in [-0.39, 0.29) is 0 Å². The van der Waals surface area contributed by atoms with E-state index < -0.39 is 0 Å². The van der Waals surface area contributed by atoms with Gasteiger partial charge in [0.15, 0.2) is 0 Å². The summed E-state index contributed by atoms with van der Waals surface area (Å²) < 4.78 is 0. The molecule has 1 N–H and O–H groups in total. The highest BCUT2D eigenvalue weighted by Crippen LogP contribution is 2.43. The second kappa shape index (κ2) is 10.4. The van der Waals surface area contributed by atoms with Crippen LogP contribution in [-0.4, -0.2) is 86.2 Å². The van der Waals surface area contributed by atoms with E-state index in [0.29, 0.717) is 11.5 Å². The molecule has 0 unspecified atom stereocenters. The lowest BCUT2D eigenvalue weighted by Gasteiger charge is -2.43. The van der Waals surface area contributed by atoms with E-state index in [0.717, 1.165) is 24.7 Å². The van der Waals surface area contributed by atoms with Crippen molar-refractivity contribution in [3.05, 3.63) is 40.4 Å². The first-order valence-corrected chi connectivity index (χ1v) is 12.7. The molecule has 0 aromatic heterocycles. The molecule has 4 rings (SSSR count). The topological polar surface area (TPSA) is 21.8 Å². The van der Waals surface area contributed by atoms with E-state index in [2.05, 4.69) is 65.1 Å². The van der Waals surface area contributed by atoms with E-state index in [1.807, 2.05) is 0 Å². The average Bonchev–Trinajstić information content (AvgIpc) is 2.76. The molecule has 2 saturated heterocycles. The lowest BCUT2D eigenvalue weighted by atomic mass is 9.71. The summed E-state index contributed by atoms with van der Waals surface area (Å²) >= 11 is 6.20. The van der Waals surface area contributed by atoms with Gasteiger partial charge in [-0.3, -0.25) is 9.80 Å². The Bertz CT molecular complexity index is 745. The van der Waals surface area contributed by atoms with Gasteiger partial charge in [0.05, 0.1) is 0 Å². The van der Waals surface area contributed by atoms with Gasteiger partial charge in [-0.25, -0.2) is 0 Å². The Morgan fingerprint density at radius 1 is 0.968 bits per heavy atom. The number of piperazine rings is 2. The van der Waals surface area contributed by atoms with Crippen LogP contribution in [0.5, 0.6) is 0 Å². The standard InChI is InChI=1S/C26H41ClN4/c1-21(2)31-16-14-29(15-17-31)19-23-18-26(3,20-30-12-10-28-11-13-30)9-8-25(23)22-4-6-24(27)7-5-22/h4-7,21,28H,8-20H2,1-3H3/t26-/m1/s1. The van der Waals surface area contributed by atoms with Gasteiger partial charge in [-0.15, -0.1) is 0 Å². The van der Waals surface area contributed by atoms with Crippen molar-refractivity contribution in [1.29, 1.82) is 0 Å². The Morgan fingerprint density at radius 3 is 2.29 bits per heavy atom. The zero-order valence-electron chi connectivity index (χ0n) is 19.8. The maximum Gasteiger partial charge on any atom is 0.0406 e. The number of halogens is 1. The molecule has 31 heavy (non-hydrogen) atoms. The molecule has 2 heterocycles. The fourth-order valence-corrected chi connectivity index (χ4v) is 5.84. The Hall–Kier alpha value is -0.910. The first-order valence-electron chi connectivity index (χ1n) is 12.3. The van der Waals surface area contributed by atoms with Crippen LogP contribution in [0.1, 0.15) is 45.6 Å². The molecule has 172 valence electrons. The van der Waals surface area contributed by atoms with E-state index in [4.69, 9.17) is 11.6 Å². The summed E-state index contributed by atoms with van der Waals surface area (Å²) in [7, 11) is 0. The van der Waals surface area contributed by atoms with Gasteiger partial charge in [-0.2, -0.15) is 0 Å². The second-order valence-electron chi connectivity index (χ2n) is 10.5. The van der Waals surface area contributed by atoms with E-state index >= 15 is 0 Å². The normalized spacial score (nSPS) is 27.3. The van der Waals surface area contributed by atoms with Crippen LogP contribution in [0.25, 0.3) is 5.57 Å². The van der Waals surface area contributed by atoms with Gasteiger partial charge in [0.2, 0.25) is 0 Å². The third-order valence-electron chi connectivity index (χ3n) is 7.60.